The van der Waals surface area contributed by atoms with Crippen molar-refractivity contribution < 1.29 is 17.2 Å². The summed E-state index contributed by atoms with van der Waals surface area (Å²) in [4.78, 5) is 4.17. The average Bonchev–Trinajstić information content (AvgIpc) is 3.15. The first-order valence-electron chi connectivity index (χ1n) is 8.94. The Hall–Kier alpha value is -3.16. The fraction of sp³-hybridized carbons (Fsp3) is 0.0455. The standard InChI is InChI=1S/C22H16ClFN2O3S/c1-14-2-4-15(5-3-14)20-26-22(30(27,28)19-12-8-17(24)9-13-19)21(29-20)25-18-10-6-16(23)7-11-18/h2-13,25H,1H3. The summed E-state index contributed by atoms with van der Waals surface area (Å²) in [6.45, 7) is 1.94. The van der Waals surface area contributed by atoms with Gasteiger partial charge in [0.2, 0.25) is 26.6 Å². The molecule has 0 bridgehead atoms. The van der Waals surface area contributed by atoms with Gasteiger partial charge in [0.1, 0.15) is 5.82 Å². The first kappa shape index (κ1) is 20.1. The molecular formula is C22H16ClFN2O3S. The minimum Gasteiger partial charge on any atom is -0.419 e. The van der Waals surface area contributed by atoms with E-state index in [4.69, 9.17) is 16.0 Å². The molecule has 0 radical (unpaired) electrons. The number of aryl methyl sites for hydroxylation is 1. The Bertz CT molecular complexity index is 1280. The smallest absolute Gasteiger partial charge is 0.238 e. The van der Waals surface area contributed by atoms with Gasteiger partial charge in [0.15, 0.2) is 0 Å². The summed E-state index contributed by atoms with van der Waals surface area (Å²) in [6.07, 6.45) is 0. The molecule has 0 saturated carbocycles. The molecule has 0 unspecified atom stereocenters. The van der Waals surface area contributed by atoms with Crippen LogP contribution in [0.3, 0.4) is 0 Å². The maximum absolute atomic E-state index is 13.3. The van der Waals surface area contributed by atoms with Crippen LogP contribution in [0.25, 0.3) is 11.5 Å². The van der Waals surface area contributed by atoms with Crippen molar-refractivity contribution >= 4 is 33.0 Å². The number of aromatic nitrogens is 1. The molecule has 30 heavy (non-hydrogen) atoms. The number of halogens is 2. The summed E-state index contributed by atoms with van der Waals surface area (Å²) < 4.78 is 45.5. The van der Waals surface area contributed by atoms with E-state index in [0.29, 0.717) is 16.3 Å². The molecule has 0 fully saturated rings. The lowest BCUT2D eigenvalue weighted by molar-refractivity contribution is 0.581. The highest BCUT2D eigenvalue weighted by atomic mass is 35.5. The van der Waals surface area contributed by atoms with Crippen LogP contribution in [0.5, 0.6) is 0 Å². The SMILES string of the molecule is Cc1ccc(-c2nc(S(=O)(=O)c3ccc(F)cc3)c(Nc3ccc(Cl)cc3)o2)cc1. The predicted octanol–water partition coefficient (Wildman–Crippen LogP) is 6.02. The lowest BCUT2D eigenvalue weighted by Crippen LogP contribution is -2.05. The van der Waals surface area contributed by atoms with E-state index in [9.17, 15) is 12.8 Å². The molecule has 0 atom stereocenters. The summed E-state index contributed by atoms with van der Waals surface area (Å²) in [7, 11) is -4.07. The molecule has 1 aromatic heterocycles. The van der Waals surface area contributed by atoms with E-state index in [0.717, 1.165) is 17.7 Å². The highest BCUT2D eigenvalue weighted by Crippen LogP contribution is 2.34. The minimum absolute atomic E-state index is 0.0442. The van der Waals surface area contributed by atoms with E-state index < -0.39 is 15.7 Å². The second kappa shape index (κ2) is 7.93. The summed E-state index contributed by atoms with van der Waals surface area (Å²) in [5.74, 6) is -0.432. The van der Waals surface area contributed by atoms with Crippen molar-refractivity contribution in [1.82, 2.24) is 4.98 Å². The minimum atomic E-state index is -4.07. The van der Waals surface area contributed by atoms with E-state index in [1.54, 1.807) is 36.4 Å². The highest BCUT2D eigenvalue weighted by molar-refractivity contribution is 7.91. The van der Waals surface area contributed by atoms with Crippen LogP contribution in [-0.4, -0.2) is 13.4 Å². The van der Waals surface area contributed by atoms with Crippen molar-refractivity contribution in [3.63, 3.8) is 0 Å². The van der Waals surface area contributed by atoms with Gasteiger partial charge in [-0.25, -0.2) is 12.8 Å². The second-order valence-electron chi connectivity index (χ2n) is 6.61. The van der Waals surface area contributed by atoms with E-state index in [-0.39, 0.29) is 21.7 Å². The van der Waals surface area contributed by atoms with Crippen molar-refractivity contribution in [3.8, 4) is 11.5 Å². The van der Waals surface area contributed by atoms with Crippen LogP contribution in [0.1, 0.15) is 5.56 Å². The van der Waals surface area contributed by atoms with E-state index in [1.165, 1.54) is 12.1 Å². The van der Waals surface area contributed by atoms with Crippen molar-refractivity contribution in [2.75, 3.05) is 5.32 Å². The number of oxazole rings is 1. The van der Waals surface area contributed by atoms with E-state index in [1.807, 2.05) is 19.1 Å². The monoisotopic (exact) mass is 442 g/mol. The Balaban J connectivity index is 1.83. The number of nitrogens with one attached hydrogen (secondary N) is 1. The molecule has 0 aliphatic carbocycles. The van der Waals surface area contributed by atoms with Crippen LogP contribution >= 0.6 is 11.6 Å². The predicted molar refractivity (Wildman–Crippen MR) is 113 cm³/mol. The maximum Gasteiger partial charge on any atom is 0.238 e. The molecule has 0 amide bonds. The number of rotatable bonds is 5. The third-order valence-electron chi connectivity index (χ3n) is 4.38. The number of hydrogen-bond donors (Lipinski definition) is 1. The molecule has 3 aromatic carbocycles. The first-order chi connectivity index (χ1) is 14.3. The van der Waals surface area contributed by atoms with Gasteiger partial charge in [0, 0.05) is 16.3 Å². The van der Waals surface area contributed by atoms with Crippen molar-refractivity contribution in [3.05, 3.63) is 89.2 Å². The molecule has 0 spiro atoms. The fourth-order valence-electron chi connectivity index (χ4n) is 2.78. The van der Waals surface area contributed by atoms with Gasteiger partial charge in [-0.2, -0.15) is 4.98 Å². The Morgan fingerprint density at radius 2 is 1.57 bits per heavy atom. The van der Waals surface area contributed by atoms with Gasteiger partial charge in [-0.05, 0) is 67.6 Å². The van der Waals surface area contributed by atoms with Crippen LogP contribution in [-0.2, 0) is 9.84 Å². The molecule has 4 rings (SSSR count). The van der Waals surface area contributed by atoms with Crippen LogP contribution < -0.4 is 5.32 Å². The first-order valence-corrected chi connectivity index (χ1v) is 10.8. The van der Waals surface area contributed by atoms with Crippen LogP contribution in [0.15, 0.2) is 87.1 Å². The van der Waals surface area contributed by atoms with Crippen LogP contribution in [0, 0.1) is 12.7 Å². The van der Waals surface area contributed by atoms with Gasteiger partial charge >= 0.3 is 0 Å². The lowest BCUT2D eigenvalue weighted by atomic mass is 10.1. The normalized spacial score (nSPS) is 11.4. The summed E-state index contributed by atoms with van der Waals surface area (Å²) in [5, 5.41) is 3.19. The zero-order chi connectivity index (χ0) is 21.3. The molecule has 5 nitrogen and oxygen atoms in total. The zero-order valence-corrected chi connectivity index (χ0v) is 17.3. The van der Waals surface area contributed by atoms with Gasteiger partial charge < -0.3 is 9.73 Å². The molecule has 1 heterocycles. The van der Waals surface area contributed by atoms with Crippen LogP contribution in [0.2, 0.25) is 5.02 Å². The molecule has 152 valence electrons. The van der Waals surface area contributed by atoms with E-state index >= 15 is 0 Å². The molecule has 0 aliphatic rings. The van der Waals surface area contributed by atoms with Crippen molar-refractivity contribution in [2.45, 2.75) is 16.8 Å². The average molecular weight is 443 g/mol. The van der Waals surface area contributed by atoms with E-state index in [2.05, 4.69) is 10.3 Å². The molecule has 1 N–H and O–H groups in total. The van der Waals surface area contributed by atoms with Crippen molar-refractivity contribution in [2.24, 2.45) is 0 Å². The Morgan fingerprint density at radius 3 is 2.20 bits per heavy atom. The number of benzene rings is 3. The summed E-state index contributed by atoms with van der Waals surface area (Å²) in [6, 6.07) is 18.6. The number of nitrogens with zero attached hydrogens (tertiary/aromatic N) is 1. The quantitative estimate of drug-likeness (QED) is 0.383. The van der Waals surface area contributed by atoms with Crippen molar-refractivity contribution in [1.29, 1.82) is 0 Å². The molecular weight excluding hydrogens is 427 g/mol. The molecule has 8 heteroatoms. The molecule has 0 aliphatic heterocycles. The zero-order valence-electron chi connectivity index (χ0n) is 15.8. The molecule has 0 saturated heterocycles. The number of sulfone groups is 1. The third kappa shape index (κ3) is 4.08. The van der Waals surface area contributed by atoms with Gasteiger partial charge in [-0.1, -0.05) is 29.3 Å². The summed E-state index contributed by atoms with van der Waals surface area (Å²) in [5.41, 5.74) is 2.24. The Labute approximate surface area is 178 Å². The number of anilines is 2. The van der Waals surface area contributed by atoms with Crippen LogP contribution in [0.4, 0.5) is 16.0 Å². The van der Waals surface area contributed by atoms with Gasteiger partial charge in [0.25, 0.3) is 0 Å². The summed E-state index contributed by atoms with van der Waals surface area (Å²) >= 11 is 5.92. The highest BCUT2D eigenvalue weighted by Gasteiger charge is 2.28. The Morgan fingerprint density at radius 1 is 0.933 bits per heavy atom. The Kier molecular flexibility index (Phi) is 5.32. The third-order valence-corrected chi connectivity index (χ3v) is 6.31. The molecule has 4 aromatic rings. The van der Waals surface area contributed by atoms with Gasteiger partial charge in [0.05, 0.1) is 4.90 Å². The second-order valence-corrected chi connectivity index (χ2v) is 8.91. The largest absolute Gasteiger partial charge is 0.419 e. The fourth-order valence-corrected chi connectivity index (χ4v) is 4.16. The number of hydrogen-bond acceptors (Lipinski definition) is 5. The van der Waals surface area contributed by atoms with Gasteiger partial charge in [-0.3, -0.25) is 0 Å². The van der Waals surface area contributed by atoms with Gasteiger partial charge in [-0.15, -0.1) is 0 Å². The maximum atomic E-state index is 13.3. The lowest BCUT2D eigenvalue weighted by Gasteiger charge is -2.06. The topological polar surface area (TPSA) is 72.2 Å².